The largest absolute Gasteiger partial charge is 0.392 e. The molecule has 0 aliphatic rings. The number of hydrogen-bond acceptors (Lipinski definition) is 5. The number of anilines is 2. The summed E-state index contributed by atoms with van der Waals surface area (Å²) in [5.41, 5.74) is 2.53. The summed E-state index contributed by atoms with van der Waals surface area (Å²) in [5, 5.41) is 15.3. The number of aliphatic hydroxyl groups is 1. The molecule has 0 saturated carbocycles. The maximum Gasteiger partial charge on any atom is 0.255 e. The second-order valence-corrected chi connectivity index (χ2v) is 7.54. The predicted octanol–water partition coefficient (Wildman–Crippen LogP) is 4.40. The van der Waals surface area contributed by atoms with E-state index in [0.29, 0.717) is 11.4 Å². The van der Waals surface area contributed by atoms with Crippen LogP contribution in [0.2, 0.25) is 0 Å². The number of hydrogen-bond donors (Lipinski definition) is 3. The van der Waals surface area contributed by atoms with Gasteiger partial charge in [0.1, 0.15) is 11.6 Å². The number of carbonyl (C=O) groups is 1. The highest BCUT2D eigenvalue weighted by atomic mass is 19.1. The normalized spacial score (nSPS) is 12.0. The van der Waals surface area contributed by atoms with E-state index < -0.39 is 23.6 Å². The molecule has 0 bridgehead atoms. The van der Waals surface area contributed by atoms with E-state index in [1.54, 1.807) is 25.3 Å². The van der Waals surface area contributed by atoms with Crippen LogP contribution in [0.15, 0.2) is 48.9 Å². The van der Waals surface area contributed by atoms with Gasteiger partial charge in [-0.2, -0.15) is 0 Å². The van der Waals surface area contributed by atoms with Gasteiger partial charge in [0, 0.05) is 36.4 Å². The Labute approximate surface area is 179 Å². The van der Waals surface area contributed by atoms with Crippen LogP contribution in [0.4, 0.5) is 20.2 Å². The fraction of sp³-hybridized carbons (Fsp3) is 0.261. The van der Waals surface area contributed by atoms with Crippen molar-refractivity contribution in [3.8, 4) is 11.3 Å². The SMILES string of the molecule is CC(C)c1cnc(-c2cc(F)ccc2F)cc1Nc1ccncc1C(=O)NC[C@H](C)O. The van der Waals surface area contributed by atoms with Crippen LogP contribution in [0.1, 0.15) is 42.6 Å². The van der Waals surface area contributed by atoms with Gasteiger partial charge >= 0.3 is 0 Å². The minimum atomic E-state index is -0.687. The van der Waals surface area contributed by atoms with Gasteiger partial charge in [-0.3, -0.25) is 14.8 Å². The lowest BCUT2D eigenvalue weighted by Gasteiger charge is -2.18. The number of benzene rings is 1. The second kappa shape index (κ2) is 9.61. The van der Waals surface area contributed by atoms with Crippen LogP contribution in [0, 0.1) is 11.6 Å². The van der Waals surface area contributed by atoms with E-state index in [1.807, 2.05) is 13.8 Å². The van der Waals surface area contributed by atoms with Gasteiger partial charge in [0.15, 0.2) is 0 Å². The predicted molar refractivity (Wildman–Crippen MR) is 115 cm³/mol. The molecule has 0 spiro atoms. The fourth-order valence-electron chi connectivity index (χ4n) is 3.04. The molecule has 0 radical (unpaired) electrons. The molecule has 1 atom stereocenters. The van der Waals surface area contributed by atoms with Gasteiger partial charge in [0.2, 0.25) is 0 Å². The van der Waals surface area contributed by atoms with E-state index >= 15 is 0 Å². The number of pyridine rings is 2. The monoisotopic (exact) mass is 426 g/mol. The van der Waals surface area contributed by atoms with Gasteiger partial charge in [-0.05, 0) is 48.7 Å². The number of aromatic nitrogens is 2. The molecule has 8 heteroatoms. The Bertz CT molecular complexity index is 1090. The first-order valence-electron chi connectivity index (χ1n) is 9.89. The number of nitrogens with one attached hydrogen (secondary N) is 2. The highest BCUT2D eigenvalue weighted by Gasteiger charge is 2.17. The third-order valence-corrected chi connectivity index (χ3v) is 4.65. The molecule has 0 fully saturated rings. The number of aliphatic hydroxyl groups excluding tert-OH is 1. The molecule has 0 aliphatic carbocycles. The molecular weight excluding hydrogens is 402 g/mol. The molecule has 3 rings (SSSR count). The van der Waals surface area contributed by atoms with Crippen LogP contribution in [0.25, 0.3) is 11.3 Å². The molecule has 1 aromatic carbocycles. The van der Waals surface area contributed by atoms with Crippen LogP contribution in [0.5, 0.6) is 0 Å². The van der Waals surface area contributed by atoms with Gasteiger partial charge in [0.25, 0.3) is 5.91 Å². The van der Waals surface area contributed by atoms with Crippen molar-refractivity contribution < 1.29 is 18.7 Å². The van der Waals surface area contributed by atoms with Crippen LogP contribution in [0.3, 0.4) is 0 Å². The van der Waals surface area contributed by atoms with E-state index in [2.05, 4.69) is 20.6 Å². The van der Waals surface area contributed by atoms with Crippen molar-refractivity contribution in [1.82, 2.24) is 15.3 Å². The molecule has 2 aromatic heterocycles. The molecule has 162 valence electrons. The lowest BCUT2D eigenvalue weighted by atomic mass is 10.0. The number of amides is 1. The van der Waals surface area contributed by atoms with Crippen molar-refractivity contribution in [3.05, 3.63) is 71.7 Å². The van der Waals surface area contributed by atoms with Crippen molar-refractivity contribution in [3.63, 3.8) is 0 Å². The highest BCUT2D eigenvalue weighted by molar-refractivity contribution is 6.00. The molecule has 1 amide bonds. The van der Waals surface area contributed by atoms with E-state index in [-0.39, 0.29) is 29.3 Å². The fourth-order valence-corrected chi connectivity index (χ4v) is 3.04. The number of halogens is 2. The Morgan fingerprint density at radius 2 is 1.87 bits per heavy atom. The van der Waals surface area contributed by atoms with Gasteiger partial charge < -0.3 is 15.7 Å². The summed E-state index contributed by atoms with van der Waals surface area (Å²) in [4.78, 5) is 20.9. The highest BCUT2D eigenvalue weighted by Crippen LogP contribution is 2.32. The zero-order chi connectivity index (χ0) is 22.5. The minimum Gasteiger partial charge on any atom is -0.392 e. The van der Waals surface area contributed by atoms with Crippen LogP contribution in [-0.2, 0) is 0 Å². The lowest BCUT2D eigenvalue weighted by Crippen LogP contribution is -2.31. The number of rotatable bonds is 7. The maximum absolute atomic E-state index is 14.3. The average molecular weight is 426 g/mol. The van der Waals surface area contributed by atoms with E-state index in [9.17, 15) is 18.7 Å². The molecule has 2 heterocycles. The number of nitrogens with zero attached hydrogens (tertiary/aromatic N) is 2. The van der Waals surface area contributed by atoms with E-state index in [0.717, 1.165) is 23.8 Å². The summed E-state index contributed by atoms with van der Waals surface area (Å²) in [6, 6.07) is 6.48. The molecule has 3 aromatic rings. The summed E-state index contributed by atoms with van der Waals surface area (Å²) < 4.78 is 28.0. The summed E-state index contributed by atoms with van der Waals surface area (Å²) in [6.07, 6.45) is 3.88. The van der Waals surface area contributed by atoms with Crippen molar-refractivity contribution >= 4 is 17.3 Å². The molecule has 6 nitrogen and oxygen atoms in total. The van der Waals surface area contributed by atoms with E-state index in [4.69, 9.17) is 0 Å². The minimum absolute atomic E-state index is 0.0444. The molecule has 3 N–H and O–H groups in total. The Kier molecular flexibility index (Phi) is 6.91. The first-order valence-corrected chi connectivity index (χ1v) is 9.89. The Morgan fingerprint density at radius 3 is 2.58 bits per heavy atom. The van der Waals surface area contributed by atoms with Gasteiger partial charge in [-0.15, -0.1) is 0 Å². The third kappa shape index (κ3) is 5.40. The van der Waals surface area contributed by atoms with Crippen molar-refractivity contribution in [2.75, 3.05) is 11.9 Å². The van der Waals surface area contributed by atoms with Crippen LogP contribution >= 0.6 is 0 Å². The lowest BCUT2D eigenvalue weighted by molar-refractivity contribution is 0.0924. The van der Waals surface area contributed by atoms with Gasteiger partial charge in [-0.1, -0.05) is 13.8 Å². The van der Waals surface area contributed by atoms with Crippen molar-refractivity contribution in [1.29, 1.82) is 0 Å². The summed E-state index contributed by atoms with van der Waals surface area (Å²) in [5.74, 6) is -1.46. The van der Waals surface area contributed by atoms with Crippen molar-refractivity contribution in [2.45, 2.75) is 32.8 Å². The first kappa shape index (κ1) is 22.3. The zero-order valence-corrected chi connectivity index (χ0v) is 17.5. The molecule has 0 aliphatic heterocycles. The molecule has 0 unspecified atom stereocenters. The quantitative estimate of drug-likeness (QED) is 0.521. The van der Waals surface area contributed by atoms with Crippen molar-refractivity contribution in [2.24, 2.45) is 0 Å². The Hall–Kier alpha value is -3.39. The first-order chi connectivity index (χ1) is 14.8. The van der Waals surface area contributed by atoms with Crippen LogP contribution < -0.4 is 10.6 Å². The molecule has 0 saturated heterocycles. The van der Waals surface area contributed by atoms with Gasteiger partial charge in [0.05, 0.1) is 23.0 Å². The van der Waals surface area contributed by atoms with Gasteiger partial charge in [-0.25, -0.2) is 8.78 Å². The topological polar surface area (TPSA) is 87.1 Å². The summed E-state index contributed by atoms with van der Waals surface area (Å²) in [6.45, 7) is 5.63. The zero-order valence-electron chi connectivity index (χ0n) is 17.5. The molecular formula is C23H24F2N4O2. The third-order valence-electron chi connectivity index (χ3n) is 4.65. The standard InChI is InChI=1S/C23H24F2N4O2/c1-13(2)17-12-27-21(16-8-15(24)4-5-19(16)25)9-22(17)29-20-6-7-26-11-18(20)23(31)28-10-14(3)30/h4-9,11-14,30H,10H2,1-3H3,(H,28,31)(H,26,27,29)/t14-/m0/s1. The Balaban J connectivity index is 2.01. The second-order valence-electron chi connectivity index (χ2n) is 7.54. The average Bonchev–Trinajstić information content (AvgIpc) is 2.74. The smallest absolute Gasteiger partial charge is 0.255 e. The molecule has 31 heavy (non-hydrogen) atoms. The van der Waals surface area contributed by atoms with E-state index in [1.165, 1.54) is 12.4 Å². The summed E-state index contributed by atoms with van der Waals surface area (Å²) >= 11 is 0. The number of carbonyl (C=O) groups excluding carboxylic acids is 1. The Morgan fingerprint density at radius 1 is 1.10 bits per heavy atom. The maximum atomic E-state index is 14.3. The van der Waals surface area contributed by atoms with Crippen LogP contribution in [-0.4, -0.2) is 33.6 Å². The summed E-state index contributed by atoms with van der Waals surface area (Å²) in [7, 11) is 0.